The number of nitrogens with one attached hydrogen (secondary N) is 2. The van der Waals surface area contributed by atoms with Gasteiger partial charge < -0.3 is 87.5 Å². The summed E-state index contributed by atoms with van der Waals surface area (Å²) < 4.78 is 107. The van der Waals surface area contributed by atoms with Crippen LogP contribution in [-0.2, 0) is 54.4 Å². The number of carbonyl (C=O) groups is 7. The molecular formula is C64H70Cl2F5N9O21. The minimum absolute atomic E-state index is 0.0281. The van der Waals surface area contributed by atoms with E-state index in [2.05, 4.69) is 15.5 Å². The first-order chi connectivity index (χ1) is 48.0. The molecule has 101 heavy (non-hydrogen) atoms. The van der Waals surface area contributed by atoms with Crippen molar-refractivity contribution in [2.45, 2.75) is 95.2 Å². The van der Waals surface area contributed by atoms with Crippen molar-refractivity contribution in [1.82, 2.24) is 39.4 Å². The van der Waals surface area contributed by atoms with E-state index < -0.39 is 119 Å². The summed E-state index contributed by atoms with van der Waals surface area (Å²) in [5, 5.41) is 31.2. The van der Waals surface area contributed by atoms with Gasteiger partial charge in [-0.15, -0.1) is 0 Å². The molecule has 0 radical (unpaired) electrons. The molecular weight excluding hydrogens is 1400 g/mol. The number of fused-ring (bicyclic) bond motifs is 4. The number of rotatable bonds is 21. The minimum atomic E-state index is -5.08. The van der Waals surface area contributed by atoms with Crippen LogP contribution >= 0.6 is 23.2 Å². The highest BCUT2D eigenvalue weighted by molar-refractivity contribution is 6.31. The average Bonchev–Trinajstić information content (AvgIpc) is 1.66. The van der Waals surface area contributed by atoms with E-state index in [-0.39, 0.29) is 87.3 Å². The van der Waals surface area contributed by atoms with E-state index >= 15 is 0 Å². The van der Waals surface area contributed by atoms with Crippen LogP contribution in [0, 0.1) is 21.7 Å². The third kappa shape index (κ3) is 18.5. The smallest absolute Gasteiger partial charge is 0.475 e. The molecule has 30 nitrogen and oxygen atoms in total. The molecule has 4 atom stereocenters. The van der Waals surface area contributed by atoms with Gasteiger partial charge in [-0.05, 0) is 110 Å². The number of amides is 4. The molecule has 546 valence electrons. The van der Waals surface area contributed by atoms with Gasteiger partial charge in [0.25, 0.3) is 29.3 Å². The molecule has 4 N–H and O–H groups in total. The number of carboxylic acids is 1. The molecule has 6 aliphatic rings. The van der Waals surface area contributed by atoms with Crippen LogP contribution < -0.4 is 35.7 Å². The number of pyridine rings is 2. The Morgan fingerprint density at radius 3 is 1.51 bits per heavy atom. The van der Waals surface area contributed by atoms with Crippen LogP contribution in [0.1, 0.15) is 115 Å². The van der Waals surface area contributed by atoms with Gasteiger partial charge in [0.15, 0.2) is 23.8 Å². The van der Waals surface area contributed by atoms with Crippen LogP contribution in [-0.4, -0.2) is 199 Å². The summed E-state index contributed by atoms with van der Waals surface area (Å²) in [7, 11) is 7.77. The fourth-order valence-electron chi connectivity index (χ4n) is 11.7. The largest absolute Gasteiger partial charge is 0.516 e. The zero-order chi connectivity index (χ0) is 73.6. The Labute approximate surface area is 581 Å². The van der Waals surface area contributed by atoms with Gasteiger partial charge >= 0.3 is 24.5 Å². The maximum Gasteiger partial charge on any atom is 0.516 e. The van der Waals surface area contributed by atoms with Crippen molar-refractivity contribution in [3.8, 4) is 17.2 Å². The summed E-state index contributed by atoms with van der Waals surface area (Å²) in [6.45, 7) is 1.74. The number of benzene rings is 3. The molecule has 2 fully saturated rings. The summed E-state index contributed by atoms with van der Waals surface area (Å²) in [4.78, 5) is 132. The maximum atomic E-state index is 14.5. The first-order valence-corrected chi connectivity index (χ1v) is 32.1. The number of nitro benzene ring substituents is 1. The number of halogens is 7. The number of ether oxygens (including phenoxy) is 8. The molecule has 4 amide bonds. The standard InChI is InChI=1S/C29H24ClFN4O10.C28H32ClFN4O8.C5H13NO.C2HF3O2/c30-18-4-1-3-15(22(18)31)13-32-26(37)21-19-9-10-20-28-33(11-2-12-42-28)27(38)23(34(19)20)25(24(21)36)43-14-44-29(39)45-17-7-5-16(6-8-17)35(40)41;1-32(2)10-4-13-40-28(38)42-15-41-24-22-26(37)33-11-5-12-39-27(33)19-9-8-18(34(19)22)20(23(24)35)25(36)31-14-16-6-3-7-17(29)21(16)30;1-6(2)4-3-5-7;3-2(4,5)1(6)7/h1,3-8,20,28H,2,9-14H2,(H,32,37);3,6-7,19,27H,4-5,8-15H2,1-2H3,(H,31,36);7H,3-5H2,1-2H3;(H,6,7)/t20-,28+;19-,27+;;/m11../s1. The minimum Gasteiger partial charge on any atom is -0.475 e. The topological polar surface area (TPSA) is 358 Å². The second-order valence-corrected chi connectivity index (χ2v) is 24.3. The van der Waals surface area contributed by atoms with Gasteiger partial charge in [-0.1, -0.05) is 47.5 Å². The number of hydrogen-bond acceptors (Lipinski definition) is 22. The molecule has 2 aromatic heterocycles. The van der Waals surface area contributed by atoms with Crippen LogP contribution in [0.4, 0.5) is 37.2 Å². The highest BCUT2D eigenvalue weighted by Crippen LogP contribution is 2.44. The van der Waals surface area contributed by atoms with E-state index in [1.54, 1.807) is 20.1 Å². The lowest BCUT2D eigenvalue weighted by atomic mass is 10.1. The lowest BCUT2D eigenvalue weighted by Gasteiger charge is -2.44. The molecule has 8 heterocycles. The van der Waals surface area contributed by atoms with Gasteiger partial charge in [0, 0.05) is 74.0 Å². The number of carbonyl (C=O) groups excluding carboxylic acids is 6. The zero-order valence-electron chi connectivity index (χ0n) is 54.7. The van der Waals surface area contributed by atoms with Crippen molar-refractivity contribution in [3.63, 3.8) is 0 Å². The number of carboxylic acid groups (broad SMARTS) is 1. The SMILES string of the molecule is CN(C)CCCO.CN(C)CCCOC(=O)OCOc1c2n3c(c(C(=O)NCc4cccc(Cl)c4F)c1=O)CC[C@@H]3[C@@H]1OCCCN1C2=O.O=C(O)C(F)(F)F.O=C(OCOc1c2n3c(c(C(=O)NCc4cccc(Cl)c4F)c1=O)CC[C@@H]3[C@@H]1OCCCN1C2=O)Oc1ccc([N+](=O)[O-])cc1. The Balaban J connectivity index is 0.000000216. The zero-order valence-corrected chi connectivity index (χ0v) is 56.2. The van der Waals surface area contributed by atoms with Crippen molar-refractivity contribution in [3.05, 3.63) is 158 Å². The van der Waals surface area contributed by atoms with E-state index in [4.69, 9.17) is 76.1 Å². The Morgan fingerprint density at radius 1 is 0.673 bits per heavy atom. The number of nitrogens with zero attached hydrogens (tertiary/aromatic N) is 7. The predicted molar refractivity (Wildman–Crippen MR) is 343 cm³/mol. The van der Waals surface area contributed by atoms with Crippen molar-refractivity contribution in [2.24, 2.45) is 0 Å². The number of aliphatic hydroxyl groups is 1. The van der Waals surface area contributed by atoms with Crippen LogP contribution in [0.15, 0.2) is 70.3 Å². The maximum absolute atomic E-state index is 14.5. The summed E-state index contributed by atoms with van der Waals surface area (Å²) in [5.41, 5.74) is -1.75. The number of aromatic nitrogens is 2. The summed E-state index contributed by atoms with van der Waals surface area (Å²) in [6, 6.07) is 12.6. The number of aliphatic carboxylic acids is 1. The van der Waals surface area contributed by atoms with E-state index in [0.717, 1.165) is 25.1 Å². The molecule has 2 saturated heterocycles. The fraction of sp³-hybridized carbons (Fsp3) is 0.453. The van der Waals surface area contributed by atoms with Gasteiger partial charge in [0.2, 0.25) is 35.9 Å². The quantitative estimate of drug-likeness (QED) is 0.0109. The Hall–Kier alpha value is -9.52. The predicted octanol–water partition coefficient (Wildman–Crippen LogP) is 6.99. The van der Waals surface area contributed by atoms with Crippen LogP contribution in [0.5, 0.6) is 17.2 Å². The van der Waals surface area contributed by atoms with E-state index in [1.807, 2.05) is 33.1 Å². The number of nitro groups is 1. The average molecular weight is 1470 g/mol. The molecule has 0 saturated carbocycles. The van der Waals surface area contributed by atoms with Gasteiger partial charge in [-0.2, -0.15) is 13.2 Å². The highest BCUT2D eigenvalue weighted by Gasteiger charge is 2.50. The molecule has 6 aliphatic heterocycles. The van der Waals surface area contributed by atoms with Crippen molar-refractivity contribution >= 4 is 70.8 Å². The first-order valence-electron chi connectivity index (χ1n) is 31.3. The first kappa shape index (κ1) is 77.2. The monoisotopic (exact) mass is 1470 g/mol. The Bertz CT molecular complexity index is 4050. The van der Waals surface area contributed by atoms with Crippen molar-refractivity contribution < 1.29 is 109 Å². The Kier molecular flexibility index (Phi) is 26.5. The summed E-state index contributed by atoms with van der Waals surface area (Å²) in [5.74, 6) is -7.76. The molecule has 0 aliphatic carbocycles. The molecule has 0 bridgehead atoms. The summed E-state index contributed by atoms with van der Waals surface area (Å²) in [6.07, 6.45) is -4.23. The van der Waals surface area contributed by atoms with Crippen LogP contribution in [0.2, 0.25) is 10.0 Å². The molecule has 0 spiro atoms. The van der Waals surface area contributed by atoms with Gasteiger partial charge in [-0.3, -0.25) is 38.9 Å². The van der Waals surface area contributed by atoms with Crippen molar-refractivity contribution in [2.75, 3.05) is 94.4 Å². The normalized spacial score (nSPS) is 17.4. The van der Waals surface area contributed by atoms with Crippen LogP contribution in [0.25, 0.3) is 0 Å². The fourth-order valence-corrected chi connectivity index (χ4v) is 12.1. The molecule has 0 unspecified atom stereocenters. The Morgan fingerprint density at radius 2 is 1.11 bits per heavy atom. The van der Waals surface area contributed by atoms with E-state index in [1.165, 1.54) is 47.4 Å². The van der Waals surface area contributed by atoms with Gasteiger partial charge in [0.05, 0.1) is 46.9 Å². The molecule has 37 heteroatoms. The van der Waals surface area contributed by atoms with E-state index in [0.29, 0.717) is 89.4 Å². The lowest BCUT2D eigenvalue weighted by molar-refractivity contribution is -0.384. The van der Waals surface area contributed by atoms with E-state index in [9.17, 15) is 70.4 Å². The van der Waals surface area contributed by atoms with Gasteiger partial charge in [-0.25, -0.2) is 23.2 Å². The van der Waals surface area contributed by atoms with Crippen molar-refractivity contribution in [1.29, 1.82) is 0 Å². The molecule has 11 rings (SSSR count). The molecule has 5 aromatic rings. The third-order valence-corrected chi connectivity index (χ3v) is 16.8. The molecule has 3 aromatic carbocycles. The second kappa shape index (κ2) is 34.7. The summed E-state index contributed by atoms with van der Waals surface area (Å²) >= 11 is 11.7. The number of hydrogen-bond donors (Lipinski definition) is 4. The second-order valence-electron chi connectivity index (χ2n) is 23.5. The number of aliphatic hydroxyl groups excluding tert-OH is 1. The highest BCUT2D eigenvalue weighted by atomic mass is 35.5. The van der Waals surface area contributed by atoms with Crippen LogP contribution in [0.3, 0.4) is 0 Å². The number of alkyl halides is 3. The third-order valence-electron chi connectivity index (χ3n) is 16.2. The van der Waals surface area contributed by atoms with Gasteiger partial charge in [0.1, 0.15) is 28.5 Å². The number of non-ortho nitro benzene ring substituents is 1. The lowest BCUT2D eigenvalue weighted by Crippen LogP contribution is -2.55.